The zero-order chi connectivity index (χ0) is 20.4. The first-order valence-electron chi connectivity index (χ1n) is 9.08. The lowest BCUT2D eigenvalue weighted by Gasteiger charge is -2.20. The first kappa shape index (κ1) is 18.8. The van der Waals surface area contributed by atoms with Crippen LogP contribution in [0.2, 0.25) is 0 Å². The van der Waals surface area contributed by atoms with E-state index in [0.717, 1.165) is 10.9 Å². The molecule has 1 aliphatic rings. The third kappa shape index (κ3) is 4.02. The second kappa shape index (κ2) is 7.48. The standard InChI is InChI=1S/C21H20N2O6/c1-21(26,18-9-14-4-2-3-5-15(14)29-18)11-23-20(25)19(24)22-10-13-6-7-16-17(8-13)28-12-27-16/h2-9,26H,10-12H2,1H3,(H,22,24)(H,23,25)/t21-/m0/s1. The first-order valence-corrected chi connectivity index (χ1v) is 9.08. The van der Waals surface area contributed by atoms with E-state index in [-0.39, 0.29) is 19.9 Å². The lowest BCUT2D eigenvalue weighted by atomic mass is 10.0. The minimum atomic E-state index is -1.47. The van der Waals surface area contributed by atoms with Gasteiger partial charge in [-0.3, -0.25) is 9.59 Å². The molecule has 0 spiro atoms. The molecule has 0 unspecified atom stereocenters. The highest BCUT2D eigenvalue weighted by Gasteiger charge is 2.29. The molecule has 0 saturated carbocycles. The Kier molecular flexibility index (Phi) is 4.85. The zero-order valence-electron chi connectivity index (χ0n) is 15.7. The normalized spacial score (nSPS) is 14.4. The second-order valence-corrected chi connectivity index (χ2v) is 6.98. The smallest absolute Gasteiger partial charge is 0.309 e. The van der Waals surface area contributed by atoms with Crippen molar-refractivity contribution in [3.05, 3.63) is 59.9 Å². The molecule has 29 heavy (non-hydrogen) atoms. The van der Waals surface area contributed by atoms with Gasteiger partial charge in [-0.15, -0.1) is 0 Å². The fraction of sp³-hybridized carbons (Fsp3) is 0.238. The van der Waals surface area contributed by atoms with Crippen LogP contribution in [-0.4, -0.2) is 30.3 Å². The SMILES string of the molecule is C[C@](O)(CNC(=O)C(=O)NCc1ccc2c(c1)OCO2)c1cc2ccccc2o1. The van der Waals surface area contributed by atoms with Crippen molar-refractivity contribution in [3.63, 3.8) is 0 Å². The average molecular weight is 396 g/mol. The molecule has 150 valence electrons. The van der Waals surface area contributed by atoms with E-state index in [1.54, 1.807) is 30.3 Å². The van der Waals surface area contributed by atoms with Gasteiger partial charge in [-0.1, -0.05) is 24.3 Å². The van der Waals surface area contributed by atoms with Crippen molar-refractivity contribution in [3.8, 4) is 11.5 Å². The minimum Gasteiger partial charge on any atom is -0.458 e. The van der Waals surface area contributed by atoms with Gasteiger partial charge in [0.25, 0.3) is 0 Å². The molecule has 8 nitrogen and oxygen atoms in total. The molecule has 0 bridgehead atoms. The Morgan fingerprint density at radius 1 is 1.03 bits per heavy atom. The molecule has 0 saturated heterocycles. The number of para-hydroxylation sites is 1. The van der Waals surface area contributed by atoms with E-state index in [2.05, 4.69) is 10.6 Å². The highest BCUT2D eigenvalue weighted by Crippen LogP contribution is 2.32. The van der Waals surface area contributed by atoms with Crippen molar-refractivity contribution in [1.82, 2.24) is 10.6 Å². The first-order chi connectivity index (χ1) is 13.9. The van der Waals surface area contributed by atoms with Gasteiger partial charge in [-0.2, -0.15) is 0 Å². The van der Waals surface area contributed by atoms with Crippen molar-refractivity contribution >= 4 is 22.8 Å². The fourth-order valence-corrected chi connectivity index (χ4v) is 2.98. The largest absolute Gasteiger partial charge is 0.458 e. The maximum absolute atomic E-state index is 12.1. The number of aliphatic hydroxyl groups is 1. The third-order valence-electron chi connectivity index (χ3n) is 4.65. The van der Waals surface area contributed by atoms with Gasteiger partial charge in [0.15, 0.2) is 11.5 Å². The maximum Gasteiger partial charge on any atom is 0.309 e. The van der Waals surface area contributed by atoms with Crippen LogP contribution in [0.25, 0.3) is 11.0 Å². The monoisotopic (exact) mass is 396 g/mol. The summed E-state index contributed by atoms with van der Waals surface area (Å²) in [5.41, 5.74) is -0.0630. The molecule has 4 rings (SSSR count). The summed E-state index contributed by atoms with van der Waals surface area (Å²) < 4.78 is 16.2. The van der Waals surface area contributed by atoms with Crippen molar-refractivity contribution < 1.29 is 28.6 Å². The van der Waals surface area contributed by atoms with Crippen LogP contribution >= 0.6 is 0 Å². The molecule has 2 heterocycles. The number of carbonyl (C=O) groups excluding carboxylic acids is 2. The zero-order valence-corrected chi connectivity index (χ0v) is 15.7. The Balaban J connectivity index is 1.31. The Hall–Kier alpha value is -3.52. The fourth-order valence-electron chi connectivity index (χ4n) is 2.98. The highest BCUT2D eigenvalue weighted by molar-refractivity contribution is 6.35. The van der Waals surface area contributed by atoms with E-state index >= 15 is 0 Å². The Bertz CT molecular complexity index is 1040. The van der Waals surface area contributed by atoms with E-state index in [0.29, 0.717) is 22.8 Å². The molecule has 0 aliphatic carbocycles. The van der Waals surface area contributed by atoms with Crippen molar-refractivity contribution in [2.45, 2.75) is 19.1 Å². The third-order valence-corrected chi connectivity index (χ3v) is 4.65. The van der Waals surface area contributed by atoms with Crippen LogP contribution in [0.5, 0.6) is 11.5 Å². The quantitative estimate of drug-likeness (QED) is 0.568. The summed E-state index contributed by atoms with van der Waals surface area (Å²) in [6, 6.07) is 14.3. The van der Waals surface area contributed by atoms with Gasteiger partial charge in [0.2, 0.25) is 6.79 Å². The van der Waals surface area contributed by atoms with E-state index in [1.165, 1.54) is 6.92 Å². The molecule has 1 atom stereocenters. The second-order valence-electron chi connectivity index (χ2n) is 6.98. The van der Waals surface area contributed by atoms with Gasteiger partial charge >= 0.3 is 11.8 Å². The summed E-state index contributed by atoms with van der Waals surface area (Å²) in [5.74, 6) is -0.0984. The van der Waals surface area contributed by atoms with Crippen LogP contribution in [0.15, 0.2) is 52.9 Å². The van der Waals surface area contributed by atoms with E-state index in [1.807, 2.05) is 18.2 Å². The van der Waals surface area contributed by atoms with Crippen molar-refractivity contribution in [1.29, 1.82) is 0 Å². The number of carbonyl (C=O) groups is 2. The molecule has 3 N–H and O–H groups in total. The Labute approximate surface area is 166 Å². The average Bonchev–Trinajstić information content (AvgIpc) is 3.36. The van der Waals surface area contributed by atoms with Crippen LogP contribution in [0.1, 0.15) is 18.2 Å². The lowest BCUT2D eigenvalue weighted by Crippen LogP contribution is -2.45. The predicted octanol–water partition coefficient (Wildman–Crippen LogP) is 1.80. The molecule has 1 aromatic heterocycles. The van der Waals surface area contributed by atoms with Crippen molar-refractivity contribution in [2.24, 2.45) is 0 Å². The van der Waals surface area contributed by atoms with Crippen LogP contribution in [0.3, 0.4) is 0 Å². The Morgan fingerprint density at radius 2 is 1.79 bits per heavy atom. The minimum absolute atomic E-state index is 0.156. The molecular weight excluding hydrogens is 376 g/mol. The van der Waals surface area contributed by atoms with Crippen molar-refractivity contribution in [2.75, 3.05) is 13.3 Å². The Morgan fingerprint density at radius 3 is 2.62 bits per heavy atom. The number of fused-ring (bicyclic) bond motifs is 2. The molecule has 1 aliphatic heterocycles. The van der Waals surface area contributed by atoms with Gasteiger partial charge in [0.05, 0.1) is 6.54 Å². The number of hydrogen-bond donors (Lipinski definition) is 3. The number of rotatable bonds is 5. The van der Waals surface area contributed by atoms with Gasteiger partial charge in [0, 0.05) is 11.9 Å². The maximum atomic E-state index is 12.1. The van der Waals surface area contributed by atoms with Crippen LogP contribution < -0.4 is 20.1 Å². The number of hydrogen-bond acceptors (Lipinski definition) is 6. The summed E-state index contributed by atoms with van der Waals surface area (Å²) in [6.45, 7) is 1.65. The number of nitrogens with one attached hydrogen (secondary N) is 2. The molecule has 8 heteroatoms. The summed E-state index contributed by atoms with van der Waals surface area (Å²) in [5, 5.41) is 16.5. The van der Waals surface area contributed by atoms with E-state index < -0.39 is 17.4 Å². The predicted molar refractivity (Wildman–Crippen MR) is 103 cm³/mol. The van der Waals surface area contributed by atoms with Crippen LogP contribution in [0.4, 0.5) is 0 Å². The highest BCUT2D eigenvalue weighted by atomic mass is 16.7. The number of ether oxygens (including phenoxy) is 2. The van der Waals surface area contributed by atoms with Gasteiger partial charge < -0.3 is 29.6 Å². The number of furan rings is 1. The van der Waals surface area contributed by atoms with Gasteiger partial charge in [-0.05, 0) is 36.8 Å². The summed E-state index contributed by atoms with van der Waals surface area (Å²) >= 11 is 0. The molecule has 0 radical (unpaired) electrons. The summed E-state index contributed by atoms with van der Waals surface area (Å²) in [4.78, 5) is 24.2. The van der Waals surface area contributed by atoms with Gasteiger partial charge in [-0.25, -0.2) is 0 Å². The van der Waals surface area contributed by atoms with Gasteiger partial charge in [0.1, 0.15) is 16.9 Å². The molecule has 2 amide bonds. The lowest BCUT2D eigenvalue weighted by molar-refractivity contribution is -0.140. The molecule has 0 fully saturated rings. The topological polar surface area (TPSA) is 110 Å². The number of benzene rings is 2. The summed E-state index contributed by atoms with van der Waals surface area (Å²) in [6.07, 6.45) is 0. The molecular formula is C21H20N2O6. The molecule has 3 aromatic rings. The van der Waals surface area contributed by atoms with Crippen LogP contribution in [0, 0.1) is 0 Å². The van der Waals surface area contributed by atoms with E-state index in [4.69, 9.17) is 13.9 Å². The van der Waals surface area contributed by atoms with E-state index in [9.17, 15) is 14.7 Å². The van der Waals surface area contributed by atoms with Crippen LogP contribution in [-0.2, 0) is 21.7 Å². The number of amides is 2. The molecule has 2 aromatic carbocycles. The summed E-state index contributed by atoms with van der Waals surface area (Å²) in [7, 11) is 0.